The van der Waals surface area contributed by atoms with Crippen LogP contribution in [-0.2, 0) is 14.6 Å². The fraction of sp³-hybridized carbons (Fsp3) is 0.588. The number of nitrogens with two attached hydrogens (primary N) is 1. The van der Waals surface area contributed by atoms with Crippen LogP contribution in [0.25, 0.3) is 0 Å². The maximum absolute atomic E-state index is 13.1. The predicted octanol–water partition coefficient (Wildman–Crippen LogP) is 1.65. The number of hydrogen-bond donors (Lipinski definition) is 2. The molecule has 2 rings (SSSR count). The smallest absolute Gasteiger partial charge is 0.241 e. The molecule has 0 aliphatic heterocycles. The lowest BCUT2D eigenvalue weighted by Crippen LogP contribution is -2.58. The van der Waals surface area contributed by atoms with Crippen molar-refractivity contribution in [2.45, 2.75) is 54.8 Å². The van der Waals surface area contributed by atoms with Gasteiger partial charge in [0.1, 0.15) is 5.75 Å². The second-order valence-corrected chi connectivity index (χ2v) is 8.82. The standard InChI is InChI=1S/C17H25NO5S/c1-17(16(18)20,15(19)12-6-4-3-5-7-12)24(21,22)14-10-8-13(23-2)9-11-14/h8-12,15,19H,3-7H2,1-2H3,(H2,18,20). The van der Waals surface area contributed by atoms with Crippen molar-refractivity contribution in [2.24, 2.45) is 11.7 Å². The summed E-state index contributed by atoms with van der Waals surface area (Å²) in [6, 6.07) is 5.73. The number of aliphatic hydroxyl groups excluding tert-OH is 1. The number of ether oxygens (including phenoxy) is 1. The summed E-state index contributed by atoms with van der Waals surface area (Å²) in [4.78, 5) is 12.1. The predicted molar refractivity (Wildman–Crippen MR) is 90.4 cm³/mol. The lowest BCUT2D eigenvalue weighted by Gasteiger charge is -2.37. The van der Waals surface area contributed by atoms with Crippen molar-refractivity contribution in [3.8, 4) is 5.75 Å². The van der Waals surface area contributed by atoms with Gasteiger partial charge in [0.2, 0.25) is 5.91 Å². The van der Waals surface area contributed by atoms with E-state index < -0.39 is 26.6 Å². The minimum absolute atomic E-state index is 0.0561. The minimum atomic E-state index is -4.15. The molecule has 0 spiro atoms. The summed E-state index contributed by atoms with van der Waals surface area (Å²) in [6.45, 7) is 1.23. The Morgan fingerprint density at radius 2 is 1.79 bits per heavy atom. The topological polar surface area (TPSA) is 107 Å². The van der Waals surface area contributed by atoms with Crippen molar-refractivity contribution in [1.82, 2.24) is 0 Å². The first-order valence-electron chi connectivity index (χ1n) is 8.11. The number of aliphatic hydroxyl groups is 1. The molecule has 0 saturated heterocycles. The molecule has 0 heterocycles. The SMILES string of the molecule is COc1ccc(S(=O)(=O)C(C)(C(N)=O)C(O)C2CCCCC2)cc1. The molecule has 1 saturated carbocycles. The first-order chi connectivity index (χ1) is 11.2. The largest absolute Gasteiger partial charge is 0.497 e. The summed E-state index contributed by atoms with van der Waals surface area (Å²) < 4.78 is 29.1. The van der Waals surface area contributed by atoms with Crippen LogP contribution in [0.2, 0.25) is 0 Å². The van der Waals surface area contributed by atoms with Crippen LogP contribution in [-0.4, -0.2) is 37.4 Å². The van der Waals surface area contributed by atoms with E-state index in [0.717, 1.165) is 19.3 Å². The van der Waals surface area contributed by atoms with Gasteiger partial charge in [-0.15, -0.1) is 0 Å². The number of rotatable bonds is 6. The van der Waals surface area contributed by atoms with Gasteiger partial charge in [-0.1, -0.05) is 19.3 Å². The quantitative estimate of drug-likeness (QED) is 0.807. The monoisotopic (exact) mass is 355 g/mol. The normalized spacial score (nSPS) is 20.1. The van der Waals surface area contributed by atoms with E-state index in [0.29, 0.717) is 18.6 Å². The van der Waals surface area contributed by atoms with E-state index in [1.807, 2.05) is 0 Å². The zero-order valence-electron chi connectivity index (χ0n) is 14.1. The van der Waals surface area contributed by atoms with Crippen molar-refractivity contribution in [3.63, 3.8) is 0 Å². The summed E-state index contributed by atoms with van der Waals surface area (Å²) in [6.07, 6.45) is 2.95. The molecule has 6 nitrogen and oxygen atoms in total. The Bertz CT molecular complexity index is 679. The number of carbonyl (C=O) groups excluding carboxylic acids is 1. The van der Waals surface area contributed by atoms with Crippen molar-refractivity contribution in [2.75, 3.05) is 7.11 Å². The number of carbonyl (C=O) groups is 1. The number of amides is 1. The average molecular weight is 355 g/mol. The van der Waals surface area contributed by atoms with Gasteiger partial charge in [0.15, 0.2) is 14.6 Å². The van der Waals surface area contributed by atoms with E-state index in [1.54, 1.807) is 0 Å². The second-order valence-electron chi connectivity index (χ2n) is 6.49. The van der Waals surface area contributed by atoms with Crippen LogP contribution in [0, 0.1) is 5.92 Å². The van der Waals surface area contributed by atoms with Crippen LogP contribution >= 0.6 is 0 Å². The first-order valence-corrected chi connectivity index (χ1v) is 9.60. The van der Waals surface area contributed by atoms with Crippen LogP contribution in [0.4, 0.5) is 0 Å². The number of hydrogen-bond acceptors (Lipinski definition) is 5. The molecule has 0 bridgehead atoms. The van der Waals surface area contributed by atoms with Crippen molar-refractivity contribution in [1.29, 1.82) is 0 Å². The maximum atomic E-state index is 13.1. The molecule has 1 amide bonds. The summed E-state index contributed by atoms with van der Waals surface area (Å²) in [5, 5.41) is 10.8. The number of benzene rings is 1. The zero-order chi connectivity index (χ0) is 18.0. The van der Waals surface area contributed by atoms with Crippen LogP contribution in [0.3, 0.4) is 0 Å². The Morgan fingerprint density at radius 3 is 2.25 bits per heavy atom. The van der Waals surface area contributed by atoms with Crippen LogP contribution in [0.1, 0.15) is 39.0 Å². The molecule has 0 radical (unpaired) electrons. The van der Waals surface area contributed by atoms with Crippen LogP contribution in [0.5, 0.6) is 5.75 Å². The molecule has 7 heteroatoms. The summed E-state index contributed by atoms with van der Waals surface area (Å²) >= 11 is 0. The van der Waals surface area contributed by atoms with E-state index in [2.05, 4.69) is 0 Å². The van der Waals surface area contributed by atoms with Gasteiger partial charge in [0.05, 0.1) is 18.1 Å². The molecular formula is C17H25NO5S. The second kappa shape index (κ2) is 7.11. The third-order valence-corrected chi connectivity index (χ3v) is 7.53. The van der Waals surface area contributed by atoms with Crippen molar-refractivity contribution >= 4 is 15.7 Å². The van der Waals surface area contributed by atoms with Gasteiger partial charge in [0.25, 0.3) is 0 Å². The highest BCUT2D eigenvalue weighted by Gasteiger charge is 2.54. The molecule has 1 fully saturated rings. The highest BCUT2D eigenvalue weighted by atomic mass is 32.2. The Balaban J connectivity index is 2.44. The fourth-order valence-corrected chi connectivity index (χ4v) is 5.10. The Labute approximate surface area is 142 Å². The average Bonchev–Trinajstić information content (AvgIpc) is 2.60. The van der Waals surface area contributed by atoms with Crippen LogP contribution < -0.4 is 10.5 Å². The maximum Gasteiger partial charge on any atom is 0.241 e. The van der Waals surface area contributed by atoms with Crippen LogP contribution in [0.15, 0.2) is 29.2 Å². The third-order valence-electron chi connectivity index (χ3n) is 5.08. The lowest BCUT2D eigenvalue weighted by atomic mass is 9.80. The molecule has 1 aromatic carbocycles. The number of primary amides is 1. The molecular weight excluding hydrogens is 330 g/mol. The highest BCUT2D eigenvalue weighted by molar-refractivity contribution is 7.93. The molecule has 1 aromatic rings. The molecule has 2 unspecified atom stereocenters. The summed E-state index contributed by atoms with van der Waals surface area (Å²) in [5.41, 5.74) is 5.46. The summed E-state index contributed by atoms with van der Waals surface area (Å²) in [5.74, 6) is -0.775. The Kier molecular flexibility index (Phi) is 5.55. The molecule has 1 aliphatic rings. The molecule has 24 heavy (non-hydrogen) atoms. The van der Waals surface area contributed by atoms with Crippen molar-refractivity contribution in [3.05, 3.63) is 24.3 Å². The van der Waals surface area contributed by atoms with E-state index in [1.165, 1.54) is 38.3 Å². The van der Waals surface area contributed by atoms with Gasteiger partial charge in [-0.2, -0.15) is 0 Å². The zero-order valence-corrected chi connectivity index (χ0v) is 14.9. The fourth-order valence-electron chi connectivity index (χ4n) is 3.34. The number of methoxy groups -OCH3 is 1. The van der Waals surface area contributed by atoms with Gasteiger partial charge in [0, 0.05) is 0 Å². The Hall–Kier alpha value is -1.60. The highest BCUT2D eigenvalue weighted by Crippen LogP contribution is 2.37. The molecule has 3 N–H and O–H groups in total. The molecule has 1 aliphatic carbocycles. The van der Waals surface area contributed by atoms with E-state index in [4.69, 9.17) is 10.5 Å². The van der Waals surface area contributed by atoms with E-state index >= 15 is 0 Å². The first kappa shape index (κ1) is 18.7. The van der Waals surface area contributed by atoms with Gasteiger partial charge in [-0.25, -0.2) is 8.42 Å². The van der Waals surface area contributed by atoms with Gasteiger partial charge in [-0.3, -0.25) is 4.79 Å². The molecule has 0 aromatic heterocycles. The van der Waals surface area contributed by atoms with Gasteiger partial charge >= 0.3 is 0 Å². The lowest BCUT2D eigenvalue weighted by molar-refractivity contribution is -0.124. The van der Waals surface area contributed by atoms with E-state index in [9.17, 15) is 18.3 Å². The van der Waals surface area contributed by atoms with Crippen molar-refractivity contribution < 1.29 is 23.1 Å². The number of sulfone groups is 1. The minimum Gasteiger partial charge on any atom is -0.497 e. The van der Waals surface area contributed by atoms with Gasteiger partial charge in [-0.05, 0) is 49.9 Å². The van der Waals surface area contributed by atoms with Gasteiger partial charge < -0.3 is 15.6 Å². The molecule has 134 valence electrons. The third kappa shape index (κ3) is 3.15. The summed E-state index contributed by atoms with van der Waals surface area (Å²) in [7, 11) is -2.68. The Morgan fingerprint density at radius 1 is 1.25 bits per heavy atom. The molecule has 2 atom stereocenters. The van der Waals surface area contributed by atoms with E-state index in [-0.39, 0.29) is 10.8 Å².